The molecule has 158 valence electrons. The van der Waals surface area contributed by atoms with E-state index in [0.717, 1.165) is 35.3 Å². The number of nitrogens with zero attached hydrogens (tertiary/aromatic N) is 4. The highest BCUT2D eigenvalue weighted by Gasteiger charge is 2.32. The molecule has 1 aromatic heterocycles. The second-order valence-corrected chi connectivity index (χ2v) is 6.71. The zero-order chi connectivity index (χ0) is 21.5. The third-order valence-corrected chi connectivity index (χ3v) is 4.50. The summed E-state index contributed by atoms with van der Waals surface area (Å²) in [6, 6.07) is 7.67. The Kier molecular flexibility index (Phi) is 6.79. The van der Waals surface area contributed by atoms with Gasteiger partial charge in [-0.2, -0.15) is 9.97 Å². The van der Waals surface area contributed by atoms with Crippen LogP contribution in [0.2, 0.25) is 0 Å². The molecule has 0 spiro atoms. The van der Waals surface area contributed by atoms with Gasteiger partial charge in [-0.1, -0.05) is 36.4 Å². The highest BCUT2D eigenvalue weighted by Crippen LogP contribution is 2.33. The summed E-state index contributed by atoms with van der Waals surface area (Å²) in [5.74, 6) is -0.401. The van der Waals surface area contributed by atoms with Crippen molar-refractivity contribution in [2.24, 2.45) is 0 Å². The molecule has 0 saturated carbocycles. The maximum absolute atomic E-state index is 12.7. The number of fused-ring (bicyclic) bond motifs is 4. The Balaban J connectivity index is 2.14. The molecule has 0 unspecified atom stereocenters. The largest absolute Gasteiger partial charge is 0.449 e. The van der Waals surface area contributed by atoms with E-state index in [1.54, 1.807) is 6.92 Å². The van der Waals surface area contributed by atoms with Crippen LogP contribution in [0.5, 0.6) is 0 Å². The van der Waals surface area contributed by atoms with Crippen LogP contribution in [0.15, 0.2) is 36.4 Å². The molecule has 1 aliphatic heterocycles. The second kappa shape index (κ2) is 9.68. The summed E-state index contributed by atoms with van der Waals surface area (Å²) in [5, 5.41) is 14.7. The zero-order valence-electron chi connectivity index (χ0n) is 16.7. The molecule has 1 aromatic carbocycles. The molecule has 0 saturated heterocycles. The van der Waals surface area contributed by atoms with Crippen molar-refractivity contribution < 1.29 is 14.5 Å². The van der Waals surface area contributed by atoms with Gasteiger partial charge in [0, 0.05) is 6.54 Å². The van der Waals surface area contributed by atoms with Gasteiger partial charge in [0.05, 0.1) is 18.1 Å². The van der Waals surface area contributed by atoms with Gasteiger partial charge in [0.1, 0.15) is 0 Å². The van der Waals surface area contributed by atoms with Crippen LogP contribution < -0.4 is 16.0 Å². The van der Waals surface area contributed by atoms with Crippen molar-refractivity contribution in [2.45, 2.75) is 32.7 Å². The van der Waals surface area contributed by atoms with E-state index < -0.39 is 16.7 Å². The Morgan fingerprint density at radius 2 is 2.13 bits per heavy atom. The lowest BCUT2D eigenvalue weighted by atomic mass is 10.1. The minimum absolute atomic E-state index is 0.0348. The fourth-order valence-corrected chi connectivity index (χ4v) is 3.12. The fraction of sp³-hybridized carbons (Fsp3) is 0.350. The summed E-state index contributed by atoms with van der Waals surface area (Å²) in [7, 11) is 0. The van der Waals surface area contributed by atoms with Crippen molar-refractivity contribution in [3.8, 4) is 0 Å². The lowest BCUT2D eigenvalue weighted by Gasteiger charge is -2.22. The van der Waals surface area contributed by atoms with Crippen molar-refractivity contribution >= 4 is 29.4 Å². The number of hydrogen-bond donors (Lipinski definition) is 2. The predicted molar refractivity (Wildman–Crippen MR) is 113 cm³/mol. The summed E-state index contributed by atoms with van der Waals surface area (Å²) in [6.45, 7) is 2.36. The molecule has 1 aliphatic rings. The average Bonchev–Trinajstić information content (AvgIpc) is 2.70. The number of rotatable bonds is 2. The molecule has 0 fully saturated rings. The van der Waals surface area contributed by atoms with E-state index in [1.165, 1.54) is 0 Å². The van der Waals surface area contributed by atoms with Crippen molar-refractivity contribution in [3.05, 3.63) is 57.7 Å². The number of carbonyl (C=O) groups is 1. The number of carbonyl (C=O) groups excluding carboxylic acids is 1. The number of anilines is 3. The summed E-state index contributed by atoms with van der Waals surface area (Å²) in [5.41, 5.74) is 7.19. The van der Waals surface area contributed by atoms with E-state index in [4.69, 9.17) is 10.5 Å². The number of ether oxygens (including phenoxy) is 1. The summed E-state index contributed by atoms with van der Waals surface area (Å²) < 4.78 is 5.15. The molecule has 2 heterocycles. The van der Waals surface area contributed by atoms with Gasteiger partial charge in [-0.15, -0.1) is 0 Å². The maximum Gasteiger partial charge on any atom is 0.415 e. The highest BCUT2D eigenvalue weighted by molar-refractivity contribution is 5.91. The molecule has 1 amide bonds. The van der Waals surface area contributed by atoms with Crippen molar-refractivity contribution in [1.82, 2.24) is 9.97 Å². The number of benzene rings is 1. The first-order valence-corrected chi connectivity index (χ1v) is 9.72. The van der Waals surface area contributed by atoms with Crippen molar-refractivity contribution in [1.29, 1.82) is 0 Å². The standard InChI is InChI=1S/C20H24N6O4/c1-2-30-20(27)25-13-15-10-7-9-14(12-15)8-5-3-4-6-11-22-19-23-17(21)16(26(28)29)18(25)24-19/h3,5,7,9-10,12H,2,4,6,8,11,13H2,1H3,(H3,21,22,23,24). The Labute approximate surface area is 173 Å². The lowest BCUT2D eigenvalue weighted by Crippen LogP contribution is -2.33. The Bertz CT molecular complexity index is 962. The number of aromatic nitrogens is 2. The van der Waals surface area contributed by atoms with Crippen LogP contribution in [0.3, 0.4) is 0 Å². The van der Waals surface area contributed by atoms with E-state index in [-0.39, 0.29) is 30.7 Å². The van der Waals surface area contributed by atoms with Crippen LogP contribution in [-0.2, 0) is 17.7 Å². The third-order valence-electron chi connectivity index (χ3n) is 4.50. The smallest absolute Gasteiger partial charge is 0.415 e. The van der Waals surface area contributed by atoms with Crippen LogP contribution in [0.1, 0.15) is 30.9 Å². The van der Waals surface area contributed by atoms with Gasteiger partial charge in [0.15, 0.2) is 0 Å². The monoisotopic (exact) mass is 412 g/mol. The van der Waals surface area contributed by atoms with E-state index in [0.29, 0.717) is 6.54 Å². The lowest BCUT2D eigenvalue weighted by molar-refractivity contribution is -0.383. The van der Waals surface area contributed by atoms with Crippen LogP contribution in [0.4, 0.5) is 28.1 Å². The summed E-state index contributed by atoms with van der Waals surface area (Å²) in [4.78, 5) is 33.1. The molecule has 0 aliphatic carbocycles. The van der Waals surface area contributed by atoms with E-state index in [2.05, 4.69) is 27.4 Å². The Hall–Kier alpha value is -3.69. The van der Waals surface area contributed by atoms with Crippen LogP contribution in [0.25, 0.3) is 0 Å². The van der Waals surface area contributed by atoms with Crippen LogP contribution in [-0.4, -0.2) is 34.1 Å². The fourth-order valence-electron chi connectivity index (χ4n) is 3.12. The number of hydrogen-bond acceptors (Lipinski definition) is 8. The molecule has 4 bridgehead atoms. The quantitative estimate of drug-likeness (QED) is 0.435. The van der Waals surface area contributed by atoms with E-state index in [9.17, 15) is 14.9 Å². The SMILES string of the molecule is CCOC(=O)N1Cc2cccc(c2)CC=CCCCNc2nc(N)c([N+](=O)[O-])c1n2. The van der Waals surface area contributed by atoms with Gasteiger partial charge in [-0.25, -0.2) is 4.79 Å². The van der Waals surface area contributed by atoms with E-state index in [1.807, 2.05) is 24.3 Å². The van der Waals surface area contributed by atoms with Gasteiger partial charge in [-0.3, -0.25) is 15.0 Å². The number of nitro groups is 1. The first-order chi connectivity index (χ1) is 14.5. The molecular formula is C20H24N6O4. The predicted octanol–water partition coefficient (Wildman–Crippen LogP) is 3.43. The summed E-state index contributed by atoms with van der Waals surface area (Å²) in [6.07, 6.45) is 5.88. The number of nitrogens with one attached hydrogen (secondary N) is 1. The van der Waals surface area contributed by atoms with Gasteiger partial charge in [0.25, 0.3) is 0 Å². The molecule has 10 nitrogen and oxygen atoms in total. The van der Waals surface area contributed by atoms with Gasteiger partial charge < -0.3 is 15.8 Å². The number of nitrogen functional groups attached to an aromatic ring is 1. The van der Waals surface area contributed by atoms with E-state index >= 15 is 0 Å². The first kappa shape index (κ1) is 21.0. The molecule has 0 atom stereocenters. The third kappa shape index (κ3) is 5.02. The second-order valence-electron chi connectivity index (χ2n) is 6.71. The molecule has 2 aromatic rings. The van der Waals surface area contributed by atoms with Crippen LogP contribution in [0, 0.1) is 10.1 Å². The molecule has 30 heavy (non-hydrogen) atoms. The Morgan fingerprint density at radius 1 is 1.33 bits per heavy atom. The number of allylic oxidation sites excluding steroid dienone is 2. The maximum atomic E-state index is 12.7. The Morgan fingerprint density at radius 3 is 2.90 bits per heavy atom. The number of nitrogens with two attached hydrogens (primary N) is 1. The molecule has 0 radical (unpaired) electrons. The topological polar surface area (TPSA) is 137 Å². The van der Waals surface area contributed by atoms with Gasteiger partial charge in [-0.05, 0) is 37.3 Å². The zero-order valence-corrected chi connectivity index (χ0v) is 16.7. The average molecular weight is 412 g/mol. The molecule has 10 heteroatoms. The number of amides is 1. The highest BCUT2D eigenvalue weighted by atomic mass is 16.6. The van der Waals surface area contributed by atoms with Crippen molar-refractivity contribution in [3.63, 3.8) is 0 Å². The molecular weight excluding hydrogens is 388 g/mol. The minimum atomic E-state index is -0.751. The van der Waals surface area contributed by atoms with Gasteiger partial charge in [0.2, 0.25) is 17.6 Å². The van der Waals surface area contributed by atoms with Gasteiger partial charge >= 0.3 is 11.8 Å². The summed E-state index contributed by atoms with van der Waals surface area (Å²) >= 11 is 0. The van der Waals surface area contributed by atoms with Crippen LogP contribution >= 0.6 is 0 Å². The first-order valence-electron chi connectivity index (χ1n) is 9.72. The molecule has 3 N–H and O–H groups in total. The van der Waals surface area contributed by atoms with Crippen molar-refractivity contribution in [2.75, 3.05) is 29.1 Å². The minimum Gasteiger partial charge on any atom is -0.449 e. The molecule has 3 rings (SSSR count). The normalized spacial score (nSPS) is 14.2.